The molecule has 1 aromatic heterocycles. The van der Waals surface area contributed by atoms with Gasteiger partial charge in [0.2, 0.25) is 5.88 Å². The fourth-order valence-electron chi connectivity index (χ4n) is 2.08. The molecule has 112 valence electrons. The third-order valence-electron chi connectivity index (χ3n) is 3.21. The monoisotopic (exact) mass is 284 g/mol. The van der Waals surface area contributed by atoms with Crippen LogP contribution in [0.2, 0.25) is 0 Å². The Balaban J connectivity index is 2.28. The first kappa shape index (κ1) is 15.5. The van der Waals surface area contributed by atoms with Crippen LogP contribution < -0.4 is 10.1 Å². The summed E-state index contributed by atoms with van der Waals surface area (Å²) in [5, 5.41) is 5.77. The summed E-state index contributed by atoms with van der Waals surface area (Å²) in [6.07, 6.45) is 4.58. The number of nitrogens with one attached hydrogen (secondary N) is 1. The van der Waals surface area contributed by atoms with E-state index in [1.165, 1.54) is 10.9 Å². The molecule has 2 aromatic rings. The standard InChI is InChI=1S/C18H24N2O/c1-5-6-11-21-17-16-10-8-7-9-15(16)14(12-19-17)13-20-18(2,3)4/h5,7-10,12,20H,1,6,11,13H2,2-4H3. The van der Waals surface area contributed by atoms with Crippen molar-refractivity contribution < 1.29 is 4.74 Å². The number of fused-ring (bicyclic) bond motifs is 1. The van der Waals surface area contributed by atoms with E-state index in [0.717, 1.165) is 18.4 Å². The van der Waals surface area contributed by atoms with E-state index in [2.05, 4.69) is 55.9 Å². The fourth-order valence-corrected chi connectivity index (χ4v) is 2.08. The minimum Gasteiger partial charge on any atom is -0.477 e. The number of benzene rings is 1. The highest BCUT2D eigenvalue weighted by Crippen LogP contribution is 2.26. The third-order valence-corrected chi connectivity index (χ3v) is 3.21. The summed E-state index contributed by atoms with van der Waals surface area (Å²) < 4.78 is 5.76. The summed E-state index contributed by atoms with van der Waals surface area (Å²) in [6.45, 7) is 11.6. The molecular formula is C18H24N2O. The molecule has 2 rings (SSSR count). The molecule has 0 aliphatic heterocycles. The lowest BCUT2D eigenvalue weighted by Crippen LogP contribution is -2.35. The molecule has 0 spiro atoms. The van der Waals surface area contributed by atoms with Crippen LogP contribution in [0.1, 0.15) is 32.8 Å². The number of hydrogen-bond donors (Lipinski definition) is 1. The van der Waals surface area contributed by atoms with Crippen LogP contribution in [0.5, 0.6) is 5.88 Å². The molecule has 0 atom stereocenters. The lowest BCUT2D eigenvalue weighted by molar-refractivity contribution is 0.316. The van der Waals surface area contributed by atoms with Gasteiger partial charge in [0, 0.05) is 23.7 Å². The van der Waals surface area contributed by atoms with Gasteiger partial charge in [-0.15, -0.1) is 6.58 Å². The highest BCUT2D eigenvalue weighted by molar-refractivity contribution is 5.89. The summed E-state index contributed by atoms with van der Waals surface area (Å²) in [4.78, 5) is 4.48. The van der Waals surface area contributed by atoms with Crippen molar-refractivity contribution in [2.75, 3.05) is 6.61 Å². The van der Waals surface area contributed by atoms with Crippen LogP contribution in [-0.4, -0.2) is 17.1 Å². The van der Waals surface area contributed by atoms with E-state index >= 15 is 0 Å². The number of pyridine rings is 1. The Morgan fingerprint density at radius 1 is 1.24 bits per heavy atom. The van der Waals surface area contributed by atoms with Crippen LogP contribution in [-0.2, 0) is 6.54 Å². The maximum atomic E-state index is 5.76. The smallest absolute Gasteiger partial charge is 0.221 e. The lowest BCUT2D eigenvalue weighted by atomic mass is 10.1. The van der Waals surface area contributed by atoms with Gasteiger partial charge in [-0.25, -0.2) is 4.98 Å². The number of nitrogens with zero attached hydrogens (tertiary/aromatic N) is 1. The third kappa shape index (κ3) is 4.30. The van der Waals surface area contributed by atoms with Gasteiger partial charge in [-0.1, -0.05) is 24.3 Å². The fraction of sp³-hybridized carbons (Fsp3) is 0.389. The minimum atomic E-state index is 0.0836. The first-order chi connectivity index (χ1) is 10.0. The summed E-state index contributed by atoms with van der Waals surface area (Å²) in [7, 11) is 0. The molecule has 0 saturated carbocycles. The van der Waals surface area contributed by atoms with Crippen LogP contribution in [0.15, 0.2) is 43.1 Å². The van der Waals surface area contributed by atoms with Crippen molar-refractivity contribution in [2.24, 2.45) is 0 Å². The van der Waals surface area contributed by atoms with E-state index in [1.807, 2.05) is 18.3 Å². The zero-order valence-electron chi connectivity index (χ0n) is 13.1. The van der Waals surface area contributed by atoms with Gasteiger partial charge in [-0.3, -0.25) is 0 Å². The lowest BCUT2D eigenvalue weighted by Gasteiger charge is -2.21. The highest BCUT2D eigenvalue weighted by Gasteiger charge is 2.12. The predicted octanol–water partition coefficient (Wildman–Crippen LogP) is 4.08. The first-order valence-corrected chi connectivity index (χ1v) is 7.36. The molecule has 0 aliphatic rings. The molecule has 0 saturated heterocycles. The Hall–Kier alpha value is -1.87. The Bertz CT molecular complexity index is 614. The number of ether oxygens (including phenoxy) is 1. The van der Waals surface area contributed by atoms with Crippen LogP contribution >= 0.6 is 0 Å². The van der Waals surface area contributed by atoms with E-state index in [-0.39, 0.29) is 5.54 Å². The van der Waals surface area contributed by atoms with E-state index in [9.17, 15) is 0 Å². The van der Waals surface area contributed by atoms with Gasteiger partial charge in [-0.2, -0.15) is 0 Å². The van der Waals surface area contributed by atoms with E-state index in [1.54, 1.807) is 0 Å². The Kier molecular flexibility index (Phi) is 4.97. The molecule has 1 aromatic carbocycles. The van der Waals surface area contributed by atoms with E-state index in [4.69, 9.17) is 4.74 Å². The van der Waals surface area contributed by atoms with Crippen molar-refractivity contribution in [3.8, 4) is 5.88 Å². The van der Waals surface area contributed by atoms with Gasteiger partial charge in [0.1, 0.15) is 0 Å². The average Bonchev–Trinajstić information content (AvgIpc) is 2.45. The second-order valence-electron chi connectivity index (χ2n) is 6.16. The predicted molar refractivity (Wildman–Crippen MR) is 88.6 cm³/mol. The molecule has 0 bridgehead atoms. The van der Waals surface area contributed by atoms with Gasteiger partial charge < -0.3 is 10.1 Å². The summed E-state index contributed by atoms with van der Waals surface area (Å²) >= 11 is 0. The van der Waals surface area contributed by atoms with Crippen molar-refractivity contribution in [1.29, 1.82) is 0 Å². The van der Waals surface area contributed by atoms with Crippen LogP contribution in [0.4, 0.5) is 0 Å². The molecule has 1 heterocycles. The molecular weight excluding hydrogens is 260 g/mol. The SMILES string of the molecule is C=CCCOc1ncc(CNC(C)(C)C)c2ccccc12. The highest BCUT2D eigenvalue weighted by atomic mass is 16.5. The van der Waals surface area contributed by atoms with Crippen molar-refractivity contribution in [3.63, 3.8) is 0 Å². The second kappa shape index (κ2) is 6.72. The number of hydrogen-bond acceptors (Lipinski definition) is 3. The molecule has 0 amide bonds. The van der Waals surface area contributed by atoms with Crippen LogP contribution in [0, 0.1) is 0 Å². The van der Waals surface area contributed by atoms with Crippen molar-refractivity contribution in [3.05, 3.63) is 48.7 Å². The summed E-state index contributed by atoms with van der Waals surface area (Å²) in [5.74, 6) is 0.701. The number of rotatable bonds is 6. The molecule has 1 N–H and O–H groups in total. The molecule has 21 heavy (non-hydrogen) atoms. The topological polar surface area (TPSA) is 34.1 Å². The van der Waals surface area contributed by atoms with Crippen molar-refractivity contribution in [1.82, 2.24) is 10.3 Å². The normalized spacial score (nSPS) is 11.6. The Morgan fingerprint density at radius 2 is 1.95 bits per heavy atom. The maximum Gasteiger partial charge on any atom is 0.221 e. The number of aromatic nitrogens is 1. The van der Waals surface area contributed by atoms with Gasteiger partial charge in [-0.05, 0) is 44.2 Å². The van der Waals surface area contributed by atoms with Crippen molar-refractivity contribution >= 4 is 10.8 Å². The summed E-state index contributed by atoms with van der Waals surface area (Å²) in [6, 6.07) is 8.25. The quantitative estimate of drug-likeness (QED) is 0.641. The van der Waals surface area contributed by atoms with Crippen LogP contribution in [0.3, 0.4) is 0 Å². The Labute approximate surface area is 127 Å². The maximum absolute atomic E-state index is 5.76. The van der Waals surface area contributed by atoms with Crippen LogP contribution in [0.25, 0.3) is 10.8 Å². The zero-order valence-corrected chi connectivity index (χ0v) is 13.1. The van der Waals surface area contributed by atoms with Gasteiger partial charge in [0.15, 0.2) is 0 Å². The average molecular weight is 284 g/mol. The molecule has 0 aliphatic carbocycles. The van der Waals surface area contributed by atoms with Gasteiger partial charge in [0.25, 0.3) is 0 Å². The largest absolute Gasteiger partial charge is 0.477 e. The molecule has 3 heteroatoms. The summed E-state index contributed by atoms with van der Waals surface area (Å²) in [5.41, 5.74) is 1.27. The molecule has 0 fully saturated rings. The minimum absolute atomic E-state index is 0.0836. The van der Waals surface area contributed by atoms with E-state index in [0.29, 0.717) is 12.5 Å². The zero-order chi connectivity index (χ0) is 15.3. The molecule has 3 nitrogen and oxygen atoms in total. The first-order valence-electron chi connectivity index (χ1n) is 7.36. The second-order valence-corrected chi connectivity index (χ2v) is 6.16. The molecule has 0 radical (unpaired) electrons. The van der Waals surface area contributed by atoms with Crippen molar-refractivity contribution in [2.45, 2.75) is 39.3 Å². The molecule has 0 unspecified atom stereocenters. The van der Waals surface area contributed by atoms with Gasteiger partial charge >= 0.3 is 0 Å². The Morgan fingerprint density at radius 3 is 2.62 bits per heavy atom. The van der Waals surface area contributed by atoms with Gasteiger partial charge in [0.05, 0.1) is 6.61 Å². The van der Waals surface area contributed by atoms with E-state index < -0.39 is 0 Å².